The molecule has 5 heteroatoms. The van der Waals surface area contributed by atoms with E-state index in [2.05, 4.69) is 10.6 Å². The number of benzene rings is 1. The summed E-state index contributed by atoms with van der Waals surface area (Å²) in [6, 6.07) is 10.7. The van der Waals surface area contributed by atoms with E-state index in [0.717, 1.165) is 5.56 Å². The van der Waals surface area contributed by atoms with Crippen LogP contribution >= 0.6 is 0 Å². The summed E-state index contributed by atoms with van der Waals surface area (Å²) in [5.74, 6) is -0.239. The van der Waals surface area contributed by atoms with Crippen molar-refractivity contribution in [2.75, 3.05) is 7.05 Å². The molecule has 0 saturated heterocycles. The van der Waals surface area contributed by atoms with Crippen molar-refractivity contribution >= 4 is 11.8 Å². The van der Waals surface area contributed by atoms with Gasteiger partial charge in [-0.15, -0.1) is 0 Å². The van der Waals surface area contributed by atoms with E-state index in [-0.39, 0.29) is 11.8 Å². The van der Waals surface area contributed by atoms with Crippen LogP contribution in [0.4, 0.5) is 0 Å². The van der Waals surface area contributed by atoms with Crippen molar-refractivity contribution in [1.29, 1.82) is 0 Å². The first-order valence-corrected chi connectivity index (χ1v) is 6.32. The fourth-order valence-electron chi connectivity index (χ4n) is 1.89. The Morgan fingerprint density at radius 3 is 2.35 bits per heavy atom. The first-order valence-electron chi connectivity index (χ1n) is 6.32. The van der Waals surface area contributed by atoms with Crippen LogP contribution in [0.25, 0.3) is 0 Å². The van der Waals surface area contributed by atoms with Crippen molar-refractivity contribution in [3.05, 3.63) is 59.4 Å². The Kier molecular flexibility index (Phi) is 4.20. The smallest absolute Gasteiger partial charge is 0.268 e. The van der Waals surface area contributed by atoms with Crippen LogP contribution in [0.15, 0.2) is 42.6 Å². The molecule has 0 atom stereocenters. The van der Waals surface area contributed by atoms with Gasteiger partial charge < -0.3 is 15.2 Å². The molecule has 1 aromatic heterocycles. The Morgan fingerprint density at radius 1 is 1.10 bits per heavy atom. The van der Waals surface area contributed by atoms with Crippen LogP contribution in [-0.4, -0.2) is 23.4 Å². The maximum Gasteiger partial charge on any atom is 0.268 e. The fourth-order valence-corrected chi connectivity index (χ4v) is 1.89. The minimum atomic E-state index is -0.121. The van der Waals surface area contributed by atoms with Crippen LogP contribution in [0.1, 0.15) is 26.4 Å². The highest BCUT2D eigenvalue weighted by Gasteiger charge is 2.08. The zero-order valence-corrected chi connectivity index (χ0v) is 11.5. The lowest BCUT2D eigenvalue weighted by Gasteiger charge is -2.07. The summed E-state index contributed by atoms with van der Waals surface area (Å²) >= 11 is 0. The predicted octanol–water partition coefficient (Wildman–Crippen LogP) is 1.31. The van der Waals surface area contributed by atoms with Gasteiger partial charge in [-0.2, -0.15) is 0 Å². The van der Waals surface area contributed by atoms with E-state index >= 15 is 0 Å². The number of nitrogens with zero attached hydrogens (tertiary/aromatic N) is 1. The zero-order valence-electron chi connectivity index (χ0n) is 11.5. The number of amides is 2. The van der Waals surface area contributed by atoms with E-state index in [9.17, 15) is 9.59 Å². The van der Waals surface area contributed by atoms with Crippen molar-refractivity contribution < 1.29 is 9.59 Å². The predicted molar refractivity (Wildman–Crippen MR) is 76.4 cm³/mol. The van der Waals surface area contributed by atoms with Crippen LogP contribution in [0.5, 0.6) is 0 Å². The molecule has 20 heavy (non-hydrogen) atoms. The van der Waals surface area contributed by atoms with E-state index in [1.54, 1.807) is 29.8 Å². The Morgan fingerprint density at radius 2 is 1.80 bits per heavy atom. The van der Waals surface area contributed by atoms with Gasteiger partial charge >= 0.3 is 0 Å². The highest BCUT2D eigenvalue weighted by molar-refractivity contribution is 5.94. The molecule has 2 amide bonds. The van der Waals surface area contributed by atoms with E-state index < -0.39 is 0 Å². The number of aromatic nitrogens is 1. The number of carbonyl (C=O) groups excluding carboxylic acids is 2. The van der Waals surface area contributed by atoms with Gasteiger partial charge in [-0.25, -0.2) is 0 Å². The lowest BCUT2D eigenvalue weighted by Crippen LogP contribution is -2.24. The third-order valence-corrected chi connectivity index (χ3v) is 3.07. The van der Waals surface area contributed by atoms with Gasteiger partial charge in [0, 0.05) is 32.4 Å². The molecular formula is C15H17N3O2. The number of carbonyl (C=O) groups is 2. The number of hydrogen-bond donors (Lipinski definition) is 2. The molecular weight excluding hydrogens is 254 g/mol. The van der Waals surface area contributed by atoms with Gasteiger partial charge in [0.05, 0.1) is 0 Å². The summed E-state index contributed by atoms with van der Waals surface area (Å²) in [6.45, 7) is 0.429. The standard InChI is InChI=1S/C15H17N3O2/c1-16-14(19)12-7-5-11(6-8-12)10-17-15(20)13-4-3-9-18(13)2/h3-9H,10H2,1-2H3,(H,16,19)(H,17,20). The molecule has 0 fully saturated rings. The SMILES string of the molecule is CNC(=O)c1ccc(CNC(=O)c2cccn2C)cc1. The Labute approximate surface area is 117 Å². The minimum Gasteiger partial charge on any atom is -0.355 e. The van der Waals surface area contributed by atoms with Crippen molar-refractivity contribution in [1.82, 2.24) is 15.2 Å². The molecule has 1 heterocycles. The average Bonchev–Trinajstić information content (AvgIpc) is 2.90. The molecule has 0 radical (unpaired) electrons. The summed E-state index contributed by atoms with van der Waals surface area (Å²) in [7, 11) is 3.42. The average molecular weight is 271 g/mol. The minimum absolute atomic E-state index is 0.118. The molecule has 0 bridgehead atoms. The van der Waals surface area contributed by atoms with E-state index in [1.165, 1.54) is 0 Å². The third-order valence-electron chi connectivity index (χ3n) is 3.07. The van der Waals surface area contributed by atoms with Gasteiger partial charge in [-0.1, -0.05) is 12.1 Å². The van der Waals surface area contributed by atoms with Gasteiger partial charge in [0.1, 0.15) is 5.69 Å². The fraction of sp³-hybridized carbons (Fsp3) is 0.200. The van der Waals surface area contributed by atoms with Crippen LogP contribution in [0.2, 0.25) is 0 Å². The second-order valence-corrected chi connectivity index (χ2v) is 4.46. The molecule has 2 N–H and O–H groups in total. The Hall–Kier alpha value is -2.56. The number of hydrogen-bond acceptors (Lipinski definition) is 2. The van der Waals surface area contributed by atoms with Gasteiger partial charge in [0.15, 0.2) is 0 Å². The molecule has 5 nitrogen and oxygen atoms in total. The summed E-state index contributed by atoms with van der Waals surface area (Å²) in [5, 5.41) is 5.41. The molecule has 104 valence electrons. The molecule has 0 aliphatic rings. The van der Waals surface area contributed by atoms with Gasteiger partial charge in [-0.3, -0.25) is 9.59 Å². The first kappa shape index (κ1) is 13.9. The summed E-state index contributed by atoms with van der Waals surface area (Å²) in [6.07, 6.45) is 1.83. The largest absolute Gasteiger partial charge is 0.355 e. The first-order chi connectivity index (χ1) is 9.61. The molecule has 0 aliphatic carbocycles. The topological polar surface area (TPSA) is 63.1 Å². The zero-order chi connectivity index (χ0) is 14.5. The van der Waals surface area contributed by atoms with Crippen molar-refractivity contribution in [2.45, 2.75) is 6.54 Å². The van der Waals surface area contributed by atoms with Crippen LogP contribution in [0.3, 0.4) is 0 Å². The van der Waals surface area contributed by atoms with E-state index in [4.69, 9.17) is 0 Å². The van der Waals surface area contributed by atoms with E-state index in [1.807, 2.05) is 31.4 Å². The molecule has 0 spiro atoms. The second kappa shape index (κ2) is 6.06. The molecule has 1 aromatic carbocycles. The van der Waals surface area contributed by atoms with E-state index in [0.29, 0.717) is 17.8 Å². The van der Waals surface area contributed by atoms with Crippen molar-refractivity contribution in [3.63, 3.8) is 0 Å². The molecule has 0 aliphatic heterocycles. The normalized spacial score (nSPS) is 10.1. The number of aryl methyl sites for hydroxylation is 1. The summed E-state index contributed by atoms with van der Waals surface area (Å²) in [5.41, 5.74) is 2.16. The summed E-state index contributed by atoms with van der Waals surface area (Å²) in [4.78, 5) is 23.3. The maximum atomic E-state index is 11.9. The number of nitrogens with one attached hydrogen (secondary N) is 2. The summed E-state index contributed by atoms with van der Waals surface area (Å²) < 4.78 is 1.77. The lowest BCUT2D eigenvalue weighted by molar-refractivity contribution is 0.0939. The second-order valence-electron chi connectivity index (χ2n) is 4.46. The van der Waals surface area contributed by atoms with Gasteiger partial charge in [0.2, 0.25) is 0 Å². The highest BCUT2D eigenvalue weighted by atomic mass is 16.2. The van der Waals surface area contributed by atoms with Crippen LogP contribution < -0.4 is 10.6 Å². The molecule has 0 unspecified atom stereocenters. The molecule has 0 saturated carbocycles. The Balaban J connectivity index is 1.96. The highest BCUT2D eigenvalue weighted by Crippen LogP contribution is 2.05. The van der Waals surface area contributed by atoms with Gasteiger partial charge in [0.25, 0.3) is 11.8 Å². The maximum absolute atomic E-state index is 11.9. The molecule has 2 aromatic rings. The Bertz CT molecular complexity index is 614. The molecule has 2 rings (SSSR count). The van der Waals surface area contributed by atoms with Crippen LogP contribution in [0, 0.1) is 0 Å². The third kappa shape index (κ3) is 3.06. The van der Waals surface area contributed by atoms with Crippen molar-refractivity contribution in [3.8, 4) is 0 Å². The van der Waals surface area contributed by atoms with Crippen LogP contribution in [-0.2, 0) is 13.6 Å². The monoisotopic (exact) mass is 271 g/mol. The number of rotatable bonds is 4. The van der Waals surface area contributed by atoms with Gasteiger partial charge in [-0.05, 0) is 29.8 Å². The quantitative estimate of drug-likeness (QED) is 0.880. The van der Waals surface area contributed by atoms with Crippen molar-refractivity contribution in [2.24, 2.45) is 7.05 Å². The lowest BCUT2D eigenvalue weighted by atomic mass is 10.1.